The molecule has 1 aromatic rings. The van der Waals surface area contributed by atoms with Crippen LogP contribution in [0.2, 0.25) is 0 Å². The highest BCUT2D eigenvalue weighted by Gasteiger charge is 2.08. The van der Waals surface area contributed by atoms with Crippen molar-refractivity contribution in [3.05, 3.63) is 23.8 Å². The first kappa shape index (κ1) is 15.5. The summed E-state index contributed by atoms with van der Waals surface area (Å²) in [6.07, 6.45) is 2.36. The van der Waals surface area contributed by atoms with Crippen molar-refractivity contribution in [1.82, 2.24) is 5.32 Å². The lowest BCUT2D eigenvalue weighted by Crippen LogP contribution is -2.25. The number of amides is 1. The number of nitrogens with one attached hydrogen (secondary N) is 1. The van der Waals surface area contributed by atoms with E-state index in [0.717, 1.165) is 5.69 Å². The summed E-state index contributed by atoms with van der Waals surface area (Å²) in [6.45, 7) is 0.522. The number of nitrogens with two attached hydrogens (primary N) is 1. The lowest BCUT2D eigenvalue weighted by Gasteiger charge is -2.15. The number of hydrogen-bond donors (Lipinski definition) is 2. The van der Waals surface area contributed by atoms with Crippen molar-refractivity contribution >= 4 is 28.1 Å². The number of carbonyl (C=O) groups excluding carboxylic acids is 1. The van der Waals surface area contributed by atoms with Crippen LogP contribution >= 0.6 is 0 Å². The molecular weight excluding hydrogens is 262 g/mol. The molecule has 0 aliphatic heterocycles. The molecule has 0 spiro atoms. The van der Waals surface area contributed by atoms with Crippen molar-refractivity contribution in [2.75, 3.05) is 43.3 Å². The van der Waals surface area contributed by atoms with Crippen LogP contribution < -0.4 is 16.0 Å². The maximum Gasteiger partial charge on any atom is 0.251 e. The van der Waals surface area contributed by atoms with E-state index in [1.807, 2.05) is 25.1 Å². The van der Waals surface area contributed by atoms with Crippen LogP contribution in [0.25, 0.3) is 0 Å². The van der Waals surface area contributed by atoms with Crippen LogP contribution in [0.15, 0.2) is 18.2 Å². The third-order valence-electron chi connectivity index (χ3n) is 2.67. The zero-order chi connectivity index (χ0) is 14.4. The first-order chi connectivity index (χ1) is 8.91. The van der Waals surface area contributed by atoms with Gasteiger partial charge in [0.2, 0.25) is 0 Å². The highest BCUT2D eigenvalue weighted by atomic mass is 32.2. The average molecular weight is 283 g/mol. The van der Waals surface area contributed by atoms with Crippen LogP contribution in [0.5, 0.6) is 0 Å². The third-order valence-corrected chi connectivity index (χ3v) is 3.53. The van der Waals surface area contributed by atoms with Gasteiger partial charge in [0, 0.05) is 49.0 Å². The molecule has 19 heavy (non-hydrogen) atoms. The number of rotatable bonds is 6. The first-order valence-corrected chi connectivity index (χ1v) is 7.79. The average Bonchev–Trinajstić information content (AvgIpc) is 2.33. The van der Waals surface area contributed by atoms with Gasteiger partial charge in [-0.2, -0.15) is 0 Å². The summed E-state index contributed by atoms with van der Waals surface area (Å²) in [6, 6.07) is 5.24. The normalized spacial score (nSPS) is 11.9. The topological polar surface area (TPSA) is 75.4 Å². The molecule has 1 aromatic carbocycles. The van der Waals surface area contributed by atoms with Crippen LogP contribution in [-0.2, 0) is 10.8 Å². The molecule has 1 unspecified atom stereocenters. The SMILES string of the molecule is CN(C)c1ccc(C(=O)NCCCS(C)=O)cc1N. The Labute approximate surface area is 116 Å². The Kier molecular flexibility index (Phi) is 5.82. The van der Waals surface area contributed by atoms with E-state index in [2.05, 4.69) is 5.32 Å². The highest BCUT2D eigenvalue weighted by molar-refractivity contribution is 7.84. The zero-order valence-corrected chi connectivity index (χ0v) is 12.4. The van der Waals surface area contributed by atoms with Crippen molar-refractivity contribution in [3.8, 4) is 0 Å². The predicted octanol–water partition coefficient (Wildman–Crippen LogP) is 0.833. The lowest BCUT2D eigenvalue weighted by molar-refractivity contribution is 0.0954. The Morgan fingerprint density at radius 2 is 2.11 bits per heavy atom. The van der Waals surface area contributed by atoms with Crippen molar-refractivity contribution < 1.29 is 9.00 Å². The van der Waals surface area contributed by atoms with E-state index >= 15 is 0 Å². The number of nitrogens with zero attached hydrogens (tertiary/aromatic N) is 1. The van der Waals surface area contributed by atoms with E-state index < -0.39 is 10.8 Å². The summed E-state index contributed by atoms with van der Waals surface area (Å²) in [5, 5.41) is 2.79. The molecule has 1 amide bonds. The Morgan fingerprint density at radius 3 is 2.63 bits per heavy atom. The molecule has 0 saturated heterocycles. The largest absolute Gasteiger partial charge is 0.397 e. The van der Waals surface area contributed by atoms with E-state index in [0.29, 0.717) is 30.0 Å². The quantitative estimate of drug-likeness (QED) is 0.599. The van der Waals surface area contributed by atoms with E-state index in [1.54, 1.807) is 18.4 Å². The third kappa shape index (κ3) is 4.90. The monoisotopic (exact) mass is 283 g/mol. The molecule has 1 atom stereocenters. The van der Waals surface area contributed by atoms with Gasteiger partial charge in [0.25, 0.3) is 5.91 Å². The number of nitrogen functional groups attached to an aromatic ring is 1. The lowest BCUT2D eigenvalue weighted by atomic mass is 10.1. The minimum atomic E-state index is -0.814. The molecule has 0 heterocycles. The second-order valence-corrected chi connectivity index (χ2v) is 6.11. The molecule has 6 heteroatoms. The second kappa shape index (κ2) is 7.13. The fourth-order valence-corrected chi connectivity index (χ4v) is 2.23. The van der Waals surface area contributed by atoms with Gasteiger partial charge in [0.05, 0.1) is 11.4 Å². The van der Waals surface area contributed by atoms with E-state index in [9.17, 15) is 9.00 Å². The molecule has 0 fully saturated rings. The molecule has 3 N–H and O–H groups in total. The first-order valence-electron chi connectivity index (χ1n) is 6.07. The molecule has 0 bridgehead atoms. The summed E-state index contributed by atoms with van der Waals surface area (Å²) in [4.78, 5) is 13.8. The maximum atomic E-state index is 11.9. The molecule has 0 saturated carbocycles. The van der Waals surface area contributed by atoms with Gasteiger partial charge in [-0.15, -0.1) is 0 Å². The van der Waals surface area contributed by atoms with Gasteiger partial charge in [-0.05, 0) is 24.6 Å². The Balaban J connectivity index is 2.58. The molecular formula is C13H21N3O2S. The summed E-state index contributed by atoms with van der Waals surface area (Å²) in [5.74, 6) is 0.445. The number of benzene rings is 1. The van der Waals surface area contributed by atoms with Crippen LogP contribution in [0.3, 0.4) is 0 Å². The fourth-order valence-electron chi connectivity index (χ4n) is 1.68. The zero-order valence-electron chi connectivity index (χ0n) is 11.6. The van der Waals surface area contributed by atoms with Crippen molar-refractivity contribution in [2.45, 2.75) is 6.42 Å². The number of carbonyl (C=O) groups is 1. The molecule has 0 aromatic heterocycles. The fraction of sp³-hybridized carbons (Fsp3) is 0.462. The Hall–Kier alpha value is -1.56. The number of hydrogen-bond acceptors (Lipinski definition) is 4. The van der Waals surface area contributed by atoms with Gasteiger partial charge in [-0.1, -0.05) is 0 Å². The Bertz CT molecular complexity index is 475. The van der Waals surface area contributed by atoms with Crippen LogP contribution in [0, 0.1) is 0 Å². The Morgan fingerprint density at radius 1 is 1.42 bits per heavy atom. The molecule has 5 nitrogen and oxygen atoms in total. The molecule has 106 valence electrons. The van der Waals surface area contributed by atoms with Gasteiger partial charge in [0.1, 0.15) is 0 Å². The summed E-state index contributed by atoms with van der Waals surface area (Å²) in [5.41, 5.74) is 7.90. The minimum absolute atomic E-state index is 0.154. The maximum absolute atomic E-state index is 11.9. The van der Waals surface area contributed by atoms with Crippen LogP contribution in [-0.4, -0.2) is 42.8 Å². The van der Waals surface area contributed by atoms with Gasteiger partial charge in [-0.3, -0.25) is 9.00 Å². The smallest absolute Gasteiger partial charge is 0.251 e. The summed E-state index contributed by atoms with van der Waals surface area (Å²) < 4.78 is 10.9. The molecule has 0 radical (unpaired) electrons. The van der Waals surface area contributed by atoms with Crippen LogP contribution in [0.1, 0.15) is 16.8 Å². The van der Waals surface area contributed by atoms with Gasteiger partial charge in [0.15, 0.2) is 0 Å². The van der Waals surface area contributed by atoms with Crippen LogP contribution in [0.4, 0.5) is 11.4 Å². The highest BCUT2D eigenvalue weighted by Crippen LogP contribution is 2.22. The van der Waals surface area contributed by atoms with Gasteiger partial charge >= 0.3 is 0 Å². The molecule has 0 aliphatic rings. The van der Waals surface area contributed by atoms with Crippen molar-refractivity contribution in [1.29, 1.82) is 0 Å². The molecule has 1 rings (SSSR count). The summed E-state index contributed by atoms with van der Waals surface area (Å²) >= 11 is 0. The standard InChI is InChI=1S/C13H21N3O2S/c1-16(2)12-6-5-10(9-11(12)14)13(17)15-7-4-8-19(3)18/h5-6,9H,4,7-8,14H2,1-3H3,(H,15,17). The van der Waals surface area contributed by atoms with Crippen molar-refractivity contribution in [3.63, 3.8) is 0 Å². The van der Waals surface area contributed by atoms with Gasteiger partial charge < -0.3 is 16.0 Å². The number of anilines is 2. The summed E-state index contributed by atoms with van der Waals surface area (Å²) in [7, 11) is 2.98. The van der Waals surface area contributed by atoms with E-state index in [-0.39, 0.29) is 5.91 Å². The minimum Gasteiger partial charge on any atom is -0.397 e. The van der Waals surface area contributed by atoms with Gasteiger partial charge in [-0.25, -0.2) is 0 Å². The second-order valence-electron chi connectivity index (χ2n) is 4.55. The van der Waals surface area contributed by atoms with E-state index in [4.69, 9.17) is 5.73 Å². The predicted molar refractivity (Wildman–Crippen MR) is 81.1 cm³/mol. The molecule has 0 aliphatic carbocycles. The van der Waals surface area contributed by atoms with Crippen molar-refractivity contribution in [2.24, 2.45) is 0 Å². The van der Waals surface area contributed by atoms with E-state index in [1.165, 1.54) is 0 Å².